The molecule has 0 aliphatic rings. The molecule has 0 fully saturated rings. The fourth-order valence-electron chi connectivity index (χ4n) is 1.87. The van der Waals surface area contributed by atoms with Gasteiger partial charge in [0.25, 0.3) is 0 Å². The number of nitrogens with zero attached hydrogens (tertiary/aromatic N) is 3. The van der Waals surface area contributed by atoms with E-state index in [1.807, 2.05) is 37.6 Å². The van der Waals surface area contributed by atoms with Crippen LogP contribution in [0.25, 0.3) is 0 Å². The van der Waals surface area contributed by atoms with Crippen molar-refractivity contribution in [3.63, 3.8) is 0 Å². The second-order valence-electron chi connectivity index (χ2n) is 5.89. The lowest BCUT2D eigenvalue weighted by molar-refractivity contribution is -0.125. The van der Waals surface area contributed by atoms with Crippen molar-refractivity contribution < 1.29 is 9.59 Å². The standard InChI is InChI=1S/C16H22N6O2S/c1-10(2)14(17)15(24)18-8-13(23)20-11-4-6-12(7-5-11)25-16-21-19-9-22(16)3/h4-7,9-10,14H,8,17H2,1-3H3,(H,18,24)(H,20,23)/t14-/m0/s1. The first-order valence-corrected chi connectivity index (χ1v) is 8.63. The highest BCUT2D eigenvalue weighted by Gasteiger charge is 2.17. The molecular formula is C16H22N6O2S. The van der Waals surface area contributed by atoms with E-state index in [9.17, 15) is 9.59 Å². The van der Waals surface area contributed by atoms with Crippen LogP contribution in [0.5, 0.6) is 0 Å². The van der Waals surface area contributed by atoms with Gasteiger partial charge in [-0.25, -0.2) is 0 Å². The van der Waals surface area contributed by atoms with E-state index in [1.165, 1.54) is 11.8 Å². The van der Waals surface area contributed by atoms with Gasteiger partial charge in [0.1, 0.15) is 6.33 Å². The normalized spacial score (nSPS) is 12.0. The molecule has 1 heterocycles. The maximum Gasteiger partial charge on any atom is 0.243 e. The molecule has 1 aromatic heterocycles. The Hall–Kier alpha value is -2.39. The molecule has 0 saturated carbocycles. The average Bonchev–Trinajstić information content (AvgIpc) is 2.98. The minimum Gasteiger partial charge on any atom is -0.346 e. The van der Waals surface area contributed by atoms with E-state index < -0.39 is 6.04 Å². The van der Waals surface area contributed by atoms with Gasteiger partial charge in [-0.3, -0.25) is 9.59 Å². The van der Waals surface area contributed by atoms with Crippen LogP contribution in [-0.2, 0) is 16.6 Å². The number of benzene rings is 1. The maximum atomic E-state index is 11.9. The summed E-state index contributed by atoms with van der Waals surface area (Å²) in [6.07, 6.45) is 1.64. The lowest BCUT2D eigenvalue weighted by Gasteiger charge is -2.15. The number of anilines is 1. The molecule has 8 nitrogen and oxygen atoms in total. The quantitative estimate of drug-likeness (QED) is 0.677. The van der Waals surface area contributed by atoms with Crippen molar-refractivity contribution in [3.05, 3.63) is 30.6 Å². The van der Waals surface area contributed by atoms with E-state index in [4.69, 9.17) is 5.73 Å². The number of aromatic nitrogens is 3. The Labute approximate surface area is 150 Å². The lowest BCUT2D eigenvalue weighted by Crippen LogP contribution is -2.46. The Morgan fingerprint density at radius 2 is 1.96 bits per heavy atom. The van der Waals surface area contributed by atoms with Gasteiger partial charge in [0.15, 0.2) is 5.16 Å². The van der Waals surface area contributed by atoms with Crippen molar-refractivity contribution in [1.29, 1.82) is 0 Å². The average molecular weight is 362 g/mol. The number of hydrogen-bond donors (Lipinski definition) is 3. The third-order valence-corrected chi connectivity index (χ3v) is 4.52. The van der Waals surface area contributed by atoms with Crippen molar-refractivity contribution in [1.82, 2.24) is 20.1 Å². The van der Waals surface area contributed by atoms with Gasteiger partial charge < -0.3 is 20.9 Å². The predicted molar refractivity (Wildman–Crippen MR) is 96.0 cm³/mol. The molecule has 4 N–H and O–H groups in total. The molecule has 2 amide bonds. The fraction of sp³-hybridized carbons (Fsp3) is 0.375. The van der Waals surface area contributed by atoms with Gasteiger partial charge in [0, 0.05) is 17.6 Å². The Morgan fingerprint density at radius 1 is 1.28 bits per heavy atom. The smallest absolute Gasteiger partial charge is 0.243 e. The molecule has 0 spiro atoms. The van der Waals surface area contributed by atoms with Crippen LogP contribution in [0.4, 0.5) is 5.69 Å². The van der Waals surface area contributed by atoms with Gasteiger partial charge in [0.2, 0.25) is 11.8 Å². The van der Waals surface area contributed by atoms with Crippen molar-refractivity contribution in [2.45, 2.75) is 29.9 Å². The number of nitrogens with two attached hydrogens (primary N) is 1. The molecule has 1 aromatic carbocycles. The molecule has 0 unspecified atom stereocenters. The topological polar surface area (TPSA) is 115 Å². The molecule has 0 aliphatic carbocycles. The van der Waals surface area contributed by atoms with E-state index in [1.54, 1.807) is 18.5 Å². The molecule has 0 saturated heterocycles. The summed E-state index contributed by atoms with van der Waals surface area (Å²) in [7, 11) is 1.87. The number of carbonyl (C=O) groups excluding carboxylic acids is 2. The number of carbonyl (C=O) groups is 2. The van der Waals surface area contributed by atoms with Crippen LogP contribution in [0, 0.1) is 5.92 Å². The first kappa shape index (κ1) is 18.9. The van der Waals surface area contributed by atoms with Crippen LogP contribution in [0.1, 0.15) is 13.8 Å². The maximum absolute atomic E-state index is 11.9. The van der Waals surface area contributed by atoms with Gasteiger partial charge in [-0.2, -0.15) is 0 Å². The summed E-state index contributed by atoms with van der Waals surface area (Å²) in [4.78, 5) is 24.6. The van der Waals surface area contributed by atoms with Crippen molar-refractivity contribution in [2.75, 3.05) is 11.9 Å². The SMILES string of the molecule is CC(C)[C@H](N)C(=O)NCC(=O)Nc1ccc(Sc2nncn2C)cc1. The van der Waals surface area contributed by atoms with Crippen LogP contribution in [-0.4, -0.2) is 39.2 Å². The fourth-order valence-corrected chi connectivity index (χ4v) is 2.63. The second-order valence-corrected chi connectivity index (χ2v) is 6.93. The molecule has 0 radical (unpaired) electrons. The van der Waals surface area contributed by atoms with E-state index in [-0.39, 0.29) is 24.3 Å². The van der Waals surface area contributed by atoms with Crippen LogP contribution < -0.4 is 16.4 Å². The third-order valence-electron chi connectivity index (χ3n) is 3.46. The first-order chi connectivity index (χ1) is 11.9. The van der Waals surface area contributed by atoms with Gasteiger partial charge in [0.05, 0.1) is 12.6 Å². The lowest BCUT2D eigenvalue weighted by atomic mass is 10.1. The van der Waals surface area contributed by atoms with Gasteiger partial charge in [-0.1, -0.05) is 13.8 Å². The number of hydrogen-bond acceptors (Lipinski definition) is 6. The number of aryl methyl sites for hydroxylation is 1. The Bertz CT molecular complexity index is 728. The van der Waals surface area contributed by atoms with Crippen LogP contribution in [0.3, 0.4) is 0 Å². The molecule has 2 rings (SSSR count). The van der Waals surface area contributed by atoms with Crippen LogP contribution in [0.15, 0.2) is 40.6 Å². The van der Waals surface area contributed by atoms with E-state index in [2.05, 4.69) is 20.8 Å². The number of rotatable bonds is 7. The number of nitrogens with one attached hydrogen (secondary N) is 2. The first-order valence-electron chi connectivity index (χ1n) is 7.82. The largest absolute Gasteiger partial charge is 0.346 e. The van der Waals surface area contributed by atoms with E-state index in [0.29, 0.717) is 5.69 Å². The third kappa shape index (κ3) is 5.57. The van der Waals surface area contributed by atoms with Crippen molar-refractivity contribution in [3.8, 4) is 0 Å². The summed E-state index contributed by atoms with van der Waals surface area (Å²) in [5.74, 6) is -0.624. The van der Waals surface area contributed by atoms with Crippen LogP contribution >= 0.6 is 11.8 Å². The highest BCUT2D eigenvalue weighted by molar-refractivity contribution is 7.99. The zero-order valence-corrected chi connectivity index (χ0v) is 15.2. The Kier molecular flexibility index (Phi) is 6.54. The highest BCUT2D eigenvalue weighted by Crippen LogP contribution is 2.26. The van der Waals surface area contributed by atoms with E-state index in [0.717, 1.165) is 10.1 Å². The van der Waals surface area contributed by atoms with Gasteiger partial charge in [-0.05, 0) is 41.9 Å². The summed E-state index contributed by atoms with van der Waals surface area (Å²) in [6.45, 7) is 3.59. The van der Waals surface area contributed by atoms with Gasteiger partial charge >= 0.3 is 0 Å². The molecule has 0 bridgehead atoms. The zero-order chi connectivity index (χ0) is 18.4. The minimum absolute atomic E-state index is 0.0158. The van der Waals surface area contributed by atoms with Crippen molar-refractivity contribution in [2.24, 2.45) is 18.7 Å². The highest BCUT2D eigenvalue weighted by atomic mass is 32.2. The van der Waals surface area contributed by atoms with Gasteiger partial charge in [-0.15, -0.1) is 10.2 Å². The summed E-state index contributed by atoms with van der Waals surface area (Å²) < 4.78 is 1.82. The summed E-state index contributed by atoms with van der Waals surface area (Å²) in [5.41, 5.74) is 6.37. The predicted octanol–water partition coefficient (Wildman–Crippen LogP) is 1.00. The summed E-state index contributed by atoms with van der Waals surface area (Å²) >= 11 is 1.47. The molecule has 134 valence electrons. The van der Waals surface area contributed by atoms with Crippen LogP contribution in [0.2, 0.25) is 0 Å². The van der Waals surface area contributed by atoms with E-state index >= 15 is 0 Å². The molecule has 0 aliphatic heterocycles. The summed E-state index contributed by atoms with van der Waals surface area (Å²) in [6, 6.07) is 6.71. The minimum atomic E-state index is -0.621. The molecule has 9 heteroatoms. The molecule has 25 heavy (non-hydrogen) atoms. The molecule has 1 atom stereocenters. The Balaban J connectivity index is 1.83. The monoisotopic (exact) mass is 362 g/mol. The van der Waals surface area contributed by atoms with Crippen molar-refractivity contribution >= 4 is 29.3 Å². The molecular weight excluding hydrogens is 340 g/mol. The summed E-state index contributed by atoms with van der Waals surface area (Å²) in [5, 5.41) is 13.9. The Morgan fingerprint density at radius 3 is 2.52 bits per heavy atom. The molecule has 2 aromatic rings. The zero-order valence-electron chi connectivity index (χ0n) is 14.4. The number of amides is 2. The second kappa shape index (κ2) is 8.63.